The van der Waals surface area contributed by atoms with Gasteiger partial charge in [0.1, 0.15) is 19.3 Å². The van der Waals surface area contributed by atoms with Gasteiger partial charge in [0, 0.05) is 5.92 Å². The first-order chi connectivity index (χ1) is 20.9. The molecular formula is C36H43NO7. The average Bonchev–Trinajstić information content (AvgIpc) is 3.30. The molecule has 234 valence electrons. The number of rotatable bonds is 12. The zero-order valence-corrected chi connectivity index (χ0v) is 26.4. The first-order valence-corrected chi connectivity index (χ1v) is 15.1. The van der Waals surface area contributed by atoms with Gasteiger partial charge in [-0.1, -0.05) is 92.7 Å². The minimum atomic E-state index is -1.17. The first-order valence-electron chi connectivity index (χ1n) is 15.1. The third kappa shape index (κ3) is 8.69. The highest BCUT2D eigenvalue weighted by atomic mass is 16.6. The van der Waals surface area contributed by atoms with Gasteiger partial charge >= 0.3 is 18.0 Å². The van der Waals surface area contributed by atoms with Crippen LogP contribution < -0.4 is 5.32 Å². The van der Waals surface area contributed by atoms with E-state index in [1.165, 1.54) is 0 Å². The van der Waals surface area contributed by atoms with Crippen molar-refractivity contribution in [3.05, 3.63) is 95.6 Å². The van der Waals surface area contributed by atoms with Crippen LogP contribution in [0.1, 0.15) is 70.6 Å². The van der Waals surface area contributed by atoms with Crippen LogP contribution in [0.4, 0.5) is 4.79 Å². The smallest absolute Gasteiger partial charge is 0.407 e. The number of hydrogen-bond acceptors (Lipinski definition) is 7. The largest absolute Gasteiger partial charge is 0.461 e. The van der Waals surface area contributed by atoms with Crippen LogP contribution in [0.15, 0.2) is 78.9 Å². The van der Waals surface area contributed by atoms with Gasteiger partial charge < -0.3 is 24.3 Å². The van der Waals surface area contributed by atoms with Crippen LogP contribution in [-0.4, -0.2) is 48.5 Å². The highest BCUT2D eigenvalue weighted by molar-refractivity contribution is 5.83. The molecule has 0 fully saturated rings. The van der Waals surface area contributed by atoms with E-state index in [1.54, 1.807) is 6.92 Å². The van der Waals surface area contributed by atoms with E-state index in [0.29, 0.717) is 0 Å². The summed E-state index contributed by atoms with van der Waals surface area (Å²) in [5.74, 6) is -1.52. The maximum atomic E-state index is 13.5. The van der Waals surface area contributed by atoms with Gasteiger partial charge in [-0.25, -0.2) is 9.59 Å². The van der Waals surface area contributed by atoms with E-state index < -0.39 is 41.9 Å². The van der Waals surface area contributed by atoms with Crippen molar-refractivity contribution in [2.75, 3.05) is 6.61 Å². The Kier molecular flexibility index (Phi) is 10.8. The van der Waals surface area contributed by atoms with Gasteiger partial charge in [0.25, 0.3) is 0 Å². The third-order valence-electron chi connectivity index (χ3n) is 7.50. The van der Waals surface area contributed by atoms with Crippen LogP contribution >= 0.6 is 0 Å². The minimum absolute atomic E-state index is 0.0952. The van der Waals surface area contributed by atoms with Crippen molar-refractivity contribution < 1.29 is 33.3 Å². The molecule has 3 atom stereocenters. The van der Waals surface area contributed by atoms with Crippen LogP contribution in [-0.2, 0) is 35.1 Å². The maximum Gasteiger partial charge on any atom is 0.407 e. The molecule has 44 heavy (non-hydrogen) atoms. The number of nitrogens with one attached hydrogen (secondary N) is 1. The van der Waals surface area contributed by atoms with E-state index in [2.05, 4.69) is 17.4 Å². The summed E-state index contributed by atoms with van der Waals surface area (Å²) < 4.78 is 23.0. The zero-order chi connectivity index (χ0) is 31.9. The minimum Gasteiger partial charge on any atom is -0.461 e. The zero-order valence-electron chi connectivity index (χ0n) is 26.4. The van der Waals surface area contributed by atoms with E-state index in [1.807, 2.05) is 101 Å². The molecule has 1 aliphatic rings. The van der Waals surface area contributed by atoms with Crippen LogP contribution in [0, 0.1) is 5.92 Å². The number of alkyl carbamates (subject to hydrolysis) is 1. The molecule has 0 aromatic heterocycles. The van der Waals surface area contributed by atoms with Crippen molar-refractivity contribution in [3.8, 4) is 11.1 Å². The predicted octanol–water partition coefficient (Wildman–Crippen LogP) is 6.80. The third-order valence-corrected chi connectivity index (χ3v) is 7.50. The highest BCUT2D eigenvalue weighted by Crippen LogP contribution is 2.44. The first kappa shape index (κ1) is 32.7. The van der Waals surface area contributed by atoms with Crippen molar-refractivity contribution in [2.45, 2.75) is 84.3 Å². The lowest BCUT2D eigenvalue weighted by Crippen LogP contribution is -2.52. The number of carbonyl (C=O) groups excluding carboxylic acids is 3. The standard InChI is InChI=1S/C36H43NO7/c1-23(2)31(20-32(38)41-21-25-14-8-7-9-15-25)43-34(39)33(24(3)44-36(4,5)6)37-35(40)42-22-30-28-18-12-10-16-26(28)27-17-11-13-19-29(27)30/h7-19,23-24,30-31,33H,20-22H2,1-6H3,(H,37,40)/t24-,31+,33+/m1/s1. The van der Waals surface area contributed by atoms with Crippen molar-refractivity contribution in [3.63, 3.8) is 0 Å². The van der Waals surface area contributed by atoms with Crippen LogP contribution in [0.3, 0.4) is 0 Å². The van der Waals surface area contributed by atoms with Gasteiger partial charge in [0.15, 0.2) is 6.04 Å². The molecule has 0 unspecified atom stereocenters. The summed E-state index contributed by atoms with van der Waals surface area (Å²) in [6, 6.07) is 24.3. The van der Waals surface area contributed by atoms with Gasteiger partial charge in [-0.3, -0.25) is 4.79 Å². The van der Waals surface area contributed by atoms with Crippen molar-refractivity contribution in [1.82, 2.24) is 5.32 Å². The molecule has 1 amide bonds. The van der Waals surface area contributed by atoms with Gasteiger partial charge in [-0.2, -0.15) is 0 Å². The molecule has 3 aromatic carbocycles. The topological polar surface area (TPSA) is 100 Å². The van der Waals surface area contributed by atoms with Crippen LogP contribution in [0.25, 0.3) is 11.1 Å². The second-order valence-corrected chi connectivity index (χ2v) is 12.5. The summed E-state index contributed by atoms with van der Waals surface area (Å²) in [7, 11) is 0. The fraction of sp³-hybridized carbons (Fsp3) is 0.417. The number of carbonyl (C=O) groups is 3. The summed E-state index contributed by atoms with van der Waals surface area (Å²) in [5.41, 5.74) is 4.67. The molecule has 4 rings (SSSR count). The Bertz CT molecular complexity index is 1380. The Labute approximate surface area is 260 Å². The van der Waals surface area contributed by atoms with Gasteiger partial charge in [0.2, 0.25) is 0 Å². The van der Waals surface area contributed by atoms with Crippen LogP contribution in [0.5, 0.6) is 0 Å². The quantitative estimate of drug-likeness (QED) is 0.180. The number of amides is 1. The molecule has 1 aliphatic carbocycles. The molecule has 0 spiro atoms. The van der Waals surface area contributed by atoms with Crippen LogP contribution in [0.2, 0.25) is 0 Å². The molecule has 0 bridgehead atoms. The van der Waals surface area contributed by atoms with Crippen molar-refractivity contribution in [2.24, 2.45) is 5.92 Å². The monoisotopic (exact) mass is 601 g/mol. The van der Waals surface area contributed by atoms with Gasteiger partial charge in [-0.05, 0) is 61.4 Å². The molecule has 0 radical (unpaired) electrons. The maximum absolute atomic E-state index is 13.5. The molecule has 0 saturated carbocycles. The Hall–Kier alpha value is -4.17. The number of hydrogen-bond donors (Lipinski definition) is 1. The molecule has 3 aromatic rings. The SMILES string of the molecule is CC(C)[C@H](CC(=O)OCc1ccccc1)OC(=O)[C@@H](NC(=O)OCC1c2ccccc2-c2ccccc21)[C@@H](C)OC(C)(C)C. The van der Waals surface area contributed by atoms with Crippen molar-refractivity contribution >= 4 is 18.0 Å². The van der Waals surface area contributed by atoms with Crippen molar-refractivity contribution in [1.29, 1.82) is 0 Å². The fourth-order valence-corrected chi connectivity index (χ4v) is 5.36. The summed E-state index contributed by atoms with van der Waals surface area (Å²) in [5, 5.41) is 2.68. The summed E-state index contributed by atoms with van der Waals surface area (Å²) in [6.07, 6.45) is -2.40. The number of esters is 2. The average molecular weight is 602 g/mol. The lowest BCUT2D eigenvalue weighted by Gasteiger charge is -2.31. The second-order valence-electron chi connectivity index (χ2n) is 12.5. The molecular weight excluding hydrogens is 558 g/mol. The number of ether oxygens (including phenoxy) is 4. The lowest BCUT2D eigenvalue weighted by molar-refractivity contribution is -0.164. The summed E-state index contributed by atoms with van der Waals surface area (Å²) in [4.78, 5) is 39.3. The number of fused-ring (bicyclic) bond motifs is 3. The summed E-state index contributed by atoms with van der Waals surface area (Å²) in [6.45, 7) is 11.2. The Morgan fingerprint density at radius 1 is 0.795 bits per heavy atom. The Morgan fingerprint density at radius 3 is 1.93 bits per heavy atom. The van der Waals surface area contributed by atoms with Gasteiger partial charge in [0.05, 0.1) is 18.1 Å². The fourth-order valence-electron chi connectivity index (χ4n) is 5.36. The van der Waals surface area contributed by atoms with E-state index in [9.17, 15) is 14.4 Å². The molecule has 0 aliphatic heterocycles. The number of benzene rings is 3. The van der Waals surface area contributed by atoms with E-state index >= 15 is 0 Å². The molecule has 8 nitrogen and oxygen atoms in total. The predicted molar refractivity (Wildman–Crippen MR) is 168 cm³/mol. The molecule has 1 N–H and O–H groups in total. The lowest BCUT2D eigenvalue weighted by atomic mass is 9.98. The Balaban J connectivity index is 1.41. The molecule has 0 saturated heterocycles. The Morgan fingerprint density at radius 2 is 1.36 bits per heavy atom. The van der Waals surface area contributed by atoms with E-state index in [4.69, 9.17) is 18.9 Å². The van der Waals surface area contributed by atoms with E-state index in [-0.39, 0.29) is 31.5 Å². The van der Waals surface area contributed by atoms with E-state index in [0.717, 1.165) is 27.8 Å². The molecule has 0 heterocycles. The normalized spacial score (nSPS) is 14.6. The summed E-state index contributed by atoms with van der Waals surface area (Å²) >= 11 is 0. The van der Waals surface area contributed by atoms with Gasteiger partial charge in [-0.15, -0.1) is 0 Å². The highest BCUT2D eigenvalue weighted by Gasteiger charge is 2.36. The second kappa shape index (κ2) is 14.5. The molecule has 8 heteroatoms.